The molecule has 31 heavy (non-hydrogen) atoms. The van der Waals surface area contributed by atoms with Crippen LogP contribution in [-0.4, -0.2) is 27.2 Å². The molecule has 2 heterocycles. The highest BCUT2D eigenvalue weighted by Gasteiger charge is 2.14. The third-order valence-electron chi connectivity index (χ3n) is 4.92. The quantitative estimate of drug-likeness (QED) is 0.500. The number of aryl methyl sites for hydroxylation is 2. The second kappa shape index (κ2) is 9.06. The smallest absolute Gasteiger partial charge is 0.266 e. The molecule has 0 aliphatic rings. The fourth-order valence-corrected chi connectivity index (χ4v) is 4.30. The number of thiazole rings is 1. The molecule has 0 saturated heterocycles. The zero-order valence-electron chi connectivity index (χ0n) is 17.3. The van der Waals surface area contributed by atoms with E-state index >= 15 is 0 Å². The standard InChI is InChI=1S/C24H22N4O2S/c1-16-8-6-7-11-19(16)23(30)25-14-15-28-21(29)13-12-20(27-28)22-17(2)26-24(31-22)18-9-4-3-5-10-18/h3-13H,14-15H2,1-2H3,(H,25,30). The Morgan fingerprint density at radius 1 is 1.00 bits per heavy atom. The summed E-state index contributed by atoms with van der Waals surface area (Å²) in [5.74, 6) is -0.159. The Kier molecular flexibility index (Phi) is 6.04. The lowest BCUT2D eigenvalue weighted by molar-refractivity contribution is 0.0951. The molecule has 7 heteroatoms. The molecule has 0 aliphatic heterocycles. The number of hydrogen-bond donors (Lipinski definition) is 1. The van der Waals surface area contributed by atoms with E-state index in [0.29, 0.717) is 17.8 Å². The van der Waals surface area contributed by atoms with Crippen molar-refractivity contribution in [2.45, 2.75) is 20.4 Å². The van der Waals surface area contributed by atoms with Crippen LogP contribution >= 0.6 is 11.3 Å². The number of aromatic nitrogens is 3. The van der Waals surface area contributed by atoms with Crippen molar-refractivity contribution in [3.05, 3.63) is 93.9 Å². The lowest BCUT2D eigenvalue weighted by Gasteiger charge is -2.09. The number of benzene rings is 2. The number of carbonyl (C=O) groups is 1. The fourth-order valence-electron chi connectivity index (χ4n) is 3.27. The monoisotopic (exact) mass is 430 g/mol. The van der Waals surface area contributed by atoms with Crippen LogP contribution in [0, 0.1) is 13.8 Å². The maximum atomic E-state index is 12.4. The molecule has 6 nitrogen and oxygen atoms in total. The van der Waals surface area contributed by atoms with Gasteiger partial charge in [0.15, 0.2) is 0 Å². The molecule has 0 spiro atoms. The van der Waals surface area contributed by atoms with E-state index in [0.717, 1.165) is 26.7 Å². The molecule has 0 saturated carbocycles. The van der Waals surface area contributed by atoms with Gasteiger partial charge in [0.1, 0.15) is 10.7 Å². The summed E-state index contributed by atoms with van der Waals surface area (Å²) in [6, 6.07) is 20.6. The summed E-state index contributed by atoms with van der Waals surface area (Å²) in [5, 5.41) is 8.30. The van der Waals surface area contributed by atoms with E-state index in [1.807, 2.05) is 62.4 Å². The van der Waals surface area contributed by atoms with E-state index in [1.54, 1.807) is 23.5 Å². The summed E-state index contributed by atoms with van der Waals surface area (Å²) in [6.07, 6.45) is 0. The van der Waals surface area contributed by atoms with Gasteiger partial charge in [-0.3, -0.25) is 9.59 Å². The van der Waals surface area contributed by atoms with Crippen LogP contribution < -0.4 is 10.9 Å². The number of hydrogen-bond acceptors (Lipinski definition) is 5. The maximum Gasteiger partial charge on any atom is 0.266 e. The molecule has 0 radical (unpaired) electrons. The third kappa shape index (κ3) is 4.62. The molecular weight excluding hydrogens is 408 g/mol. The molecule has 4 aromatic rings. The highest BCUT2D eigenvalue weighted by Crippen LogP contribution is 2.33. The first-order valence-electron chi connectivity index (χ1n) is 9.98. The Morgan fingerprint density at radius 2 is 1.74 bits per heavy atom. The first kappa shape index (κ1) is 20.7. The lowest BCUT2D eigenvalue weighted by Crippen LogP contribution is -2.32. The normalized spacial score (nSPS) is 10.8. The predicted octanol–water partition coefficient (Wildman–Crippen LogP) is 4.08. The average Bonchev–Trinajstić information content (AvgIpc) is 3.17. The van der Waals surface area contributed by atoms with E-state index < -0.39 is 0 Å². The Morgan fingerprint density at radius 3 is 2.52 bits per heavy atom. The van der Waals surface area contributed by atoms with Crippen LogP contribution in [0.3, 0.4) is 0 Å². The first-order chi connectivity index (χ1) is 15.0. The highest BCUT2D eigenvalue weighted by atomic mass is 32.1. The van der Waals surface area contributed by atoms with E-state index in [1.165, 1.54) is 10.7 Å². The second-order valence-corrected chi connectivity index (χ2v) is 8.15. The van der Waals surface area contributed by atoms with Gasteiger partial charge >= 0.3 is 0 Å². The Hall–Kier alpha value is -3.58. The molecule has 0 bridgehead atoms. The van der Waals surface area contributed by atoms with Crippen molar-refractivity contribution in [2.75, 3.05) is 6.54 Å². The zero-order valence-corrected chi connectivity index (χ0v) is 18.1. The number of amides is 1. The Bertz CT molecular complexity index is 1280. The molecule has 0 atom stereocenters. The average molecular weight is 431 g/mol. The highest BCUT2D eigenvalue weighted by molar-refractivity contribution is 7.18. The van der Waals surface area contributed by atoms with Gasteiger partial charge in [-0.25, -0.2) is 9.67 Å². The van der Waals surface area contributed by atoms with Crippen LogP contribution in [0.5, 0.6) is 0 Å². The van der Waals surface area contributed by atoms with Crippen molar-refractivity contribution in [1.82, 2.24) is 20.1 Å². The molecule has 4 rings (SSSR count). The van der Waals surface area contributed by atoms with Crippen molar-refractivity contribution in [3.8, 4) is 21.1 Å². The molecule has 156 valence electrons. The second-order valence-electron chi connectivity index (χ2n) is 7.15. The molecule has 0 aliphatic carbocycles. The molecule has 2 aromatic carbocycles. The van der Waals surface area contributed by atoms with Gasteiger partial charge in [-0.05, 0) is 31.5 Å². The van der Waals surface area contributed by atoms with Crippen molar-refractivity contribution in [3.63, 3.8) is 0 Å². The molecular formula is C24H22N4O2S. The minimum Gasteiger partial charge on any atom is -0.350 e. The van der Waals surface area contributed by atoms with Crippen LogP contribution in [0.15, 0.2) is 71.5 Å². The van der Waals surface area contributed by atoms with Crippen LogP contribution in [0.25, 0.3) is 21.1 Å². The summed E-state index contributed by atoms with van der Waals surface area (Å²) in [6.45, 7) is 4.43. The van der Waals surface area contributed by atoms with Gasteiger partial charge in [0, 0.05) is 23.7 Å². The van der Waals surface area contributed by atoms with Gasteiger partial charge < -0.3 is 5.32 Å². The van der Waals surface area contributed by atoms with Crippen molar-refractivity contribution >= 4 is 17.2 Å². The Labute approximate surface area is 184 Å². The van der Waals surface area contributed by atoms with Gasteiger partial charge in [-0.1, -0.05) is 48.5 Å². The van der Waals surface area contributed by atoms with E-state index in [2.05, 4.69) is 15.4 Å². The Balaban J connectivity index is 1.50. The van der Waals surface area contributed by atoms with Crippen LogP contribution in [0.2, 0.25) is 0 Å². The molecule has 0 unspecified atom stereocenters. The summed E-state index contributed by atoms with van der Waals surface area (Å²) < 4.78 is 1.38. The van der Waals surface area contributed by atoms with Crippen LogP contribution in [0.4, 0.5) is 0 Å². The number of rotatable bonds is 6. The minimum atomic E-state index is -0.209. The van der Waals surface area contributed by atoms with Gasteiger partial charge in [0.2, 0.25) is 0 Å². The number of nitrogens with one attached hydrogen (secondary N) is 1. The van der Waals surface area contributed by atoms with Crippen LogP contribution in [-0.2, 0) is 6.54 Å². The van der Waals surface area contributed by atoms with E-state index in [4.69, 9.17) is 0 Å². The molecule has 0 fully saturated rings. The van der Waals surface area contributed by atoms with Gasteiger partial charge in [-0.15, -0.1) is 11.3 Å². The maximum absolute atomic E-state index is 12.4. The van der Waals surface area contributed by atoms with Crippen molar-refractivity contribution in [1.29, 1.82) is 0 Å². The van der Waals surface area contributed by atoms with E-state index in [-0.39, 0.29) is 18.0 Å². The first-order valence-corrected chi connectivity index (χ1v) is 10.8. The van der Waals surface area contributed by atoms with Crippen LogP contribution in [0.1, 0.15) is 21.6 Å². The largest absolute Gasteiger partial charge is 0.350 e. The summed E-state index contributed by atoms with van der Waals surface area (Å²) >= 11 is 1.55. The SMILES string of the molecule is Cc1ccccc1C(=O)NCCn1nc(-c2sc(-c3ccccc3)nc2C)ccc1=O. The summed E-state index contributed by atoms with van der Waals surface area (Å²) in [4.78, 5) is 30.3. The molecule has 1 N–H and O–H groups in total. The van der Waals surface area contributed by atoms with Gasteiger partial charge in [0.25, 0.3) is 11.5 Å². The summed E-state index contributed by atoms with van der Waals surface area (Å²) in [5.41, 5.74) is 3.95. The number of nitrogens with zero attached hydrogens (tertiary/aromatic N) is 3. The van der Waals surface area contributed by atoms with Gasteiger partial charge in [-0.2, -0.15) is 5.10 Å². The van der Waals surface area contributed by atoms with E-state index in [9.17, 15) is 9.59 Å². The van der Waals surface area contributed by atoms with Crippen molar-refractivity contribution < 1.29 is 4.79 Å². The number of carbonyl (C=O) groups excluding carboxylic acids is 1. The minimum absolute atomic E-state index is 0.159. The summed E-state index contributed by atoms with van der Waals surface area (Å²) in [7, 11) is 0. The third-order valence-corrected chi connectivity index (χ3v) is 6.14. The van der Waals surface area contributed by atoms with Gasteiger partial charge in [0.05, 0.1) is 17.1 Å². The fraction of sp³-hybridized carbons (Fsp3) is 0.167. The zero-order chi connectivity index (χ0) is 21.8. The van der Waals surface area contributed by atoms with Crippen molar-refractivity contribution in [2.24, 2.45) is 0 Å². The topological polar surface area (TPSA) is 76.9 Å². The lowest BCUT2D eigenvalue weighted by atomic mass is 10.1. The predicted molar refractivity (Wildman–Crippen MR) is 123 cm³/mol. The molecule has 2 aromatic heterocycles. The molecule has 1 amide bonds.